The summed E-state index contributed by atoms with van der Waals surface area (Å²) < 4.78 is 0. The van der Waals surface area contributed by atoms with Gasteiger partial charge in [-0.05, 0) is 29.8 Å². The third kappa shape index (κ3) is 3.28. The lowest BCUT2D eigenvalue weighted by Crippen LogP contribution is -1.98. The van der Waals surface area contributed by atoms with Gasteiger partial charge < -0.3 is 5.11 Å². The zero-order valence-electron chi connectivity index (χ0n) is 9.47. The van der Waals surface area contributed by atoms with Crippen LogP contribution in [0.5, 0.6) is 0 Å². The molecule has 92 valence electrons. The van der Waals surface area contributed by atoms with E-state index in [4.69, 9.17) is 16.7 Å². The van der Waals surface area contributed by atoms with E-state index in [2.05, 4.69) is 0 Å². The number of hydrogen-bond acceptors (Lipinski definition) is 2. The first-order valence-corrected chi connectivity index (χ1v) is 6.73. The van der Waals surface area contributed by atoms with Crippen LogP contribution in [0.2, 0.25) is 5.02 Å². The van der Waals surface area contributed by atoms with E-state index < -0.39 is 5.97 Å². The fourth-order valence-electron chi connectivity index (χ4n) is 1.56. The van der Waals surface area contributed by atoms with E-state index >= 15 is 0 Å². The number of carboxylic acid groups (broad SMARTS) is 1. The molecule has 0 amide bonds. The third-order valence-corrected chi connectivity index (χ3v) is 3.78. The van der Waals surface area contributed by atoms with Gasteiger partial charge in [0.05, 0.1) is 5.56 Å². The molecule has 0 saturated carbocycles. The van der Waals surface area contributed by atoms with Crippen molar-refractivity contribution >= 4 is 29.3 Å². The van der Waals surface area contributed by atoms with Gasteiger partial charge in [-0.15, -0.1) is 11.8 Å². The average Bonchev–Trinajstić information content (AvgIpc) is 2.37. The summed E-state index contributed by atoms with van der Waals surface area (Å²) in [5.74, 6) is -0.200. The third-order valence-electron chi connectivity index (χ3n) is 2.40. The minimum absolute atomic E-state index is 0.338. The first-order valence-electron chi connectivity index (χ1n) is 5.36. The minimum atomic E-state index is -0.899. The summed E-state index contributed by atoms with van der Waals surface area (Å²) in [6, 6.07) is 14.6. The Hall–Kier alpha value is -1.45. The van der Waals surface area contributed by atoms with Crippen LogP contribution in [0.3, 0.4) is 0 Å². The van der Waals surface area contributed by atoms with Crippen LogP contribution in [-0.2, 0) is 5.75 Å². The molecule has 0 aliphatic rings. The highest BCUT2D eigenvalue weighted by Crippen LogP contribution is 2.27. The number of aromatic carboxylic acids is 1. The maximum Gasteiger partial charge on any atom is 0.336 e. The minimum Gasteiger partial charge on any atom is -0.478 e. The highest BCUT2D eigenvalue weighted by Gasteiger charge is 2.09. The quantitative estimate of drug-likeness (QED) is 0.846. The second-order valence-electron chi connectivity index (χ2n) is 3.72. The number of carboxylic acids is 1. The van der Waals surface area contributed by atoms with E-state index in [0.29, 0.717) is 16.3 Å². The molecule has 2 aromatic rings. The van der Waals surface area contributed by atoms with Crippen LogP contribution < -0.4 is 0 Å². The van der Waals surface area contributed by atoms with E-state index in [9.17, 15) is 4.79 Å². The van der Waals surface area contributed by atoms with E-state index in [-0.39, 0.29) is 0 Å². The molecule has 0 bridgehead atoms. The molecular weight excluding hydrogens is 268 g/mol. The van der Waals surface area contributed by atoms with Crippen molar-refractivity contribution in [1.82, 2.24) is 0 Å². The molecule has 0 atom stereocenters. The van der Waals surface area contributed by atoms with Crippen LogP contribution in [0.4, 0.5) is 0 Å². The molecule has 18 heavy (non-hydrogen) atoms. The molecule has 1 N–H and O–H groups in total. The molecule has 0 unspecified atom stereocenters. The first kappa shape index (κ1) is 13.0. The molecule has 0 saturated heterocycles. The van der Waals surface area contributed by atoms with Crippen LogP contribution in [-0.4, -0.2) is 11.1 Å². The van der Waals surface area contributed by atoms with E-state index in [1.165, 1.54) is 11.8 Å². The van der Waals surface area contributed by atoms with Gasteiger partial charge in [-0.1, -0.05) is 35.9 Å². The Balaban J connectivity index is 2.13. The molecule has 0 heterocycles. The fourth-order valence-corrected chi connectivity index (χ4v) is 2.76. The van der Waals surface area contributed by atoms with Crippen molar-refractivity contribution in [3.63, 3.8) is 0 Å². The molecule has 2 aromatic carbocycles. The fraction of sp³-hybridized carbons (Fsp3) is 0.0714. The van der Waals surface area contributed by atoms with Gasteiger partial charge in [-0.2, -0.15) is 0 Å². The Morgan fingerprint density at radius 1 is 1.17 bits per heavy atom. The number of carbonyl (C=O) groups is 1. The number of thioether (sulfide) groups is 1. The summed E-state index contributed by atoms with van der Waals surface area (Å²) in [5.41, 5.74) is 1.41. The van der Waals surface area contributed by atoms with Gasteiger partial charge in [0.15, 0.2) is 0 Å². The lowest BCUT2D eigenvalue weighted by atomic mass is 10.2. The Morgan fingerprint density at radius 3 is 2.67 bits per heavy atom. The summed E-state index contributed by atoms with van der Waals surface area (Å²) in [6.07, 6.45) is 0. The highest BCUT2D eigenvalue weighted by molar-refractivity contribution is 7.98. The Kier molecular flexibility index (Phi) is 4.28. The average molecular weight is 279 g/mol. The van der Waals surface area contributed by atoms with Gasteiger partial charge in [-0.25, -0.2) is 4.79 Å². The Bertz CT molecular complexity index is 569. The van der Waals surface area contributed by atoms with Crippen molar-refractivity contribution in [3.8, 4) is 0 Å². The molecular formula is C14H11ClO2S. The summed E-state index contributed by atoms with van der Waals surface area (Å²) in [4.78, 5) is 11.8. The second-order valence-corrected chi connectivity index (χ2v) is 5.17. The molecule has 0 aliphatic heterocycles. The smallest absolute Gasteiger partial charge is 0.336 e. The van der Waals surface area contributed by atoms with Gasteiger partial charge in [0, 0.05) is 15.7 Å². The zero-order chi connectivity index (χ0) is 13.0. The van der Waals surface area contributed by atoms with E-state index in [0.717, 1.165) is 10.5 Å². The SMILES string of the molecule is O=C(O)c1ccccc1SCc1cccc(Cl)c1. The van der Waals surface area contributed by atoms with Gasteiger partial charge in [0.2, 0.25) is 0 Å². The summed E-state index contributed by atoms with van der Waals surface area (Å²) in [7, 11) is 0. The van der Waals surface area contributed by atoms with Crippen LogP contribution in [0, 0.1) is 0 Å². The number of rotatable bonds is 4. The molecule has 0 aromatic heterocycles. The number of halogens is 1. The lowest BCUT2D eigenvalue weighted by molar-refractivity contribution is 0.0693. The predicted molar refractivity (Wildman–Crippen MR) is 74.4 cm³/mol. The van der Waals surface area contributed by atoms with Crippen molar-refractivity contribution < 1.29 is 9.90 Å². The predicted octanol–water partition coefficient (Wildman–Crippen LogP) is 4.33. The van der Waals surface area contributed by atoms with E-state index in [1.807, 2.05) is 36.4 Å². The Labute approximate surface area is 115 Å². The lowest BCUT2D eigenvalue weighted by Gasteiger charge is -2.05. The Morgan fingerprint density at radius 2 is 1.94 bits per heavy atom. The maximum absolute atomic E-state index is 11.1. The van der Waals surface area contributed by atoms with Crippen LogP contribution in [0.25, 0.3) is 0 Å². The van der Waals surface area contributed by atoms with Crippen molar-refractivity contribution in [2.24, 2.45) is 0 Å². The monoisotopic (exact) mass is 278 g/mol. The van der Waals surface area contributed by atoms with Crippen LogP contribution >= 0.6 is 23.4 Å². The van der Waals surface area contributed by atoms with Gasteiger partial charge in [-0.3, -0.25) is 0 Å². The number of benzene rings is 2. The molecule has 0 aliphatic carbocycles. The largest absolute Gasteiger partial charge is 0.478 e. The van der Waals surface area contributed by atoms with Crippen molar-refractivity contribution in [3.05, 3.63) is 64.7 Å². The summed E-state index contributed by atoms with van der Waals surface area (Å²) in [6.45, 7) is 0. The molecule has 0 radical (unpaired) electrons. The van der Waals surface area contributed by atoms with Gasteiger partial charge in [0.1, 0.15) is 0 Å². The summed E-state index contributed by atoms with van der Waals surface area (Å²) in [5, 5.41) is 9.77. The standard InChI is InChI=1S/C14H11ClO2S/c15-11-5-3-4-10(8-11)9-18-13-7-2-1-6-12(13)14(16)17/h1-8H,9H2,(H,16,17). The van der Waals surface area contributed by atoms with Gasteiger partial charge >= 0.3 is 5.97 Å². The molecule has 2 nitrogen and oxygen atoms in total. The normalized spacial score (nSPS) is 10.3. The molecule has 0 spiro atoms. The highest BCUT2D eigenvalue weighted by atomic mass is 35.5. The van der Waals surface area contributed by atoms with Crippen LogP contribution in [0.15, 0.2) is 53.4 Å². The van der Waals surface area contributed by atoms with Crippen LogP contribution in [0.1, 0.15) is 15.9 Å². The van der Waals surface area contributed by atoms with Crippen molar-refractivity contribution in [1.29, 1.82) is 0 Å². The second kappa shape index (κ2) is 5.94. The first-order chi connectivity index (χ1) is 8.66. The van der Waals surface area contributed by atoms with Crippen molar-refractivity contribution in [2.45, 2.75) is 10.6 Å². The summed E-state index contributed by atoms with van der Waals surface area (Å²) >= 11 is 7.40. The molecule has 2 rings (SSSR count). The van der Waals surface area contributed by atoms with Crippen molar-refractivity contribution in [2.75, 3.05) is 0 Å². The molecule has 0 fully saturated rings. The van der Waals surface area contributed by atoms with Gasteiger partial charge in [0.25, 0.3) is 0 Å². The topological polar surface area (TPSA) is 37.3 Å². The number of hydrogen-bond donors (Lipinski definition) is 1. The van der Waals surface area contributed by atoms with E-state index in [1.54, 1.807) is 12.1 Å². The zero-order valence-corrected chi connectivity index (χ0v) is 11.0. The molecule has 4 heteroatoms. The maximum atomic E-state index is 11.1.